The van der Waals surface area contributed by atoms with Crippen LogP contribution in [-0.2, 0) is 13.1 Å². The molecule has 2 aromatic rings. The van der Waals surface area contributed by atoms with Crippen LogP contribution in [0.4, 0.5) is 0 Å². The standard InChI is InChI=1S/C13H18BrN3O/c1-8-5-11(18-12(8)6-15-4)7-17-10(3)13(14)9(2)16-17/h5,15H,6-7H2,1-4H3. The second kappa shape index (κ2) is 5.28. The Kier molecular flexibility index (Phi) is 3.92. The molecule has 0 fully saturated rings. The molecule has 0 spiro atoms. The zero-order chi connectivity index (χ0) is 13.3. The lowest BCUT2D eigenvalue weighted by molar-refractivity contribution is 0.432. The third-order valence-corrected chi connectivity index (χ3v) is 4.16. The van der Waals surface area contributed by atoms with Crippen LogP contribution in [0.1, 0.15) is 28.5 Å². The Balaban J connectivity index is 2.23. The van der Waals surface area contributed by atoms with E-state index in [0.717, 1.165) is 33.9 Å². The van der Waals surface area contributed by atoms with Gasteiger partial charge in [-0.2, -0.15) is 5.10 Å². The van der Waals surface area contributed by atoms with E-state index in [4.69, 9.17) is 4.42 Å². The normalized spacial score (nSPS) is 11.2. The van der Waals surface area contributed by atoms with Gasteiger partial charge in [-0.25, -0.2) is 0 Å². The van der Waals surface area contributed by atoms with Crippen LogP contribution < -0.4 is 5.32 Å². The zero-order valence-electron chi connectivity index (χ0n) is 11.2. The van der Waals surface area contributed by atoms with E-state index in [1.165, 1.54) is 5.56 Å². The first-order valence-electron chi connectivity index (χ1n) is 5.95. The maximum atomic E-state index is 5.82. The summed E-state index contributed by atoms with van der Waals surface area (Å²) >= 11 is 3.53. The van der Waals surface area contributed by atoms with Crippen LogP contribution in [0.25, 0.3) is 0 Å². The summed E-state index contributed by atoms with van der Waals surface area (Å²) in [7, 11) is 1.92. The number of hydrogen-bond acceptors (Lipinski definition) is 3. The minimum absolute atomic E-state index is 0.669. The second-order valence-electron chi connectivity index (χ2n) is 4.49. The van der Waals surface area contributed by atoms with Gasteiger partial charge >= 0.3 is 0 Å². The molecule has 0 atom stereocenters. The summed E-state index contributed by atoms with van der Waals surface area (Å²) in [4.78, 5) is 0. The van der Waals surface area contributed by atoms with E-state index >= 15 is 0 Å². The molecule has 2 aromatic heterocycles. The predicted octanol–water partition coefficient (Wildman–Crippen LogP) is 2.93. The number of rotatable bonds is 4. The second-order valence-corrected chi connectivity index (χ2v) is 5.28. The first-order chi connectivity index (χ1) is 8.52. The van der Waals surface area contributed by atoms with Crippen molar-refractivity contribution in [2.75, 3.05) is 7.05 Å². The van der Waals surface area contributed by atoms with E-state index in [1.54, 1.807) is 0 Å². The molecule has 0 aliphatic carbocycles. The Labute approximate surface area is 115 Å². The summed E-state index contributed by atoms with van der Waals surface area (Å²) < 4.78 is 8.85. The van der Waals surface area contributed by atoms with Crippen molar-refractivity contribution >= 4 is 15.9 Å². The smallest absolute Gasteiger partial charge is 0.126 e. The largest absolute Gasteiger partial charge is 0.462 e. The molecule has 0 aliphatic heterocycles. The fraction of sp³-hybridized carbons (Fsp3) is 0.462. The maximum absolute atomic E-state index is 5.82. The summed E-state index contributed by atoms with van der Waals surface area (Å²) in [6.07, 6.45) is 0. The van der Waals surface area contributed by atoms with Gasteiger partial charge < -0.3 is 9.73 Å². The van der Waals surface area contributed by atoms with Crippen molar-refractivity contribution in [3.63, 3.8) is 0 Å². The lowest BCUT2D eigenvalue weighted by atomic mass is 10.2. The molecule has 0 aromatic carbocycles. The highest BCUT2D eigenvalue weighted by molar-refractivity contribution is 9.10. The van der Waals surface area contributed by atoms with E-state index in [2.05, 4.69) is 39.3 Å². The fourth-order valence-corrected chi connectivity index (χ4v) is 2.26. The topological polar surface area (TPSA) is 43.0 Å². The molecule has 18 heavy (non-hydrogen) atoms. The average Bonchev–Trinajstić information content (AvgIpc) is 2.77. The third kappa shape index (κ3) is 2.52. The number of nitrogens with zero attached hydrogens (tertiary/aromatic N) is 2. The van der Waals surface area contributed by atoms with Crippen molar-refractivity contribution in [3.8, 4) is 0 Å². The molecular weight excluding hydrogens is 294 g/mol. The molecule has 0 aliphatic rings. The molecule has 0 saturated heterocycles. The Morgan fingerprint density at radius 1 is 1.39 bits per heavy atom. The van der Waals surface area contributed by atoms with Crippen molar-refractivity contribution in [3.05, 3.63) is 39.0 Å². The van der Waals surface area contributed by atoms with Gasteiger partial charge in [0, 0.05) is 0 Å². The number of nitrogens with one attached hydrogen (secondary N) is 1. The number of halogens is 1. The number of hydrogen-bond donors (Lipinski definition) is 1. The Morgan fingerprint density at radius 3 is 2.67 bits per heavy atom. The van der Waals surface area contributed by atoms with Gasteiger partial charge in [-0.05, 0) is 55.4 Å². The first kappa shape index (κ1) is 13.4. The predicted molar refractivity (Wildman–Crippen MR) is 74.7 cm³/mol. The van der Waals surface area contributed by atoms with Crippen molar-refractivity contribution in [1.29, 1.82) is 0 Å². The Morgan fingerprint density at radius 2 is 2.11 bits per heavy atom. The van der Waals surface area contributed by atoms with E-state index in [0.29, 0.717) is 6.54 Å². The van der Waals surface area contributed by atoms with Gasteiger partial charge in [-0.1, -0.05) is 0 Å². The number of aryl methyl sites for hydroxylation is 2. The van der Waals surface area contributed by atoms with Gasteiger partial charge in [0.2, 0.25) is 0 Å². The monoisotopic (exact) mass is 311 g/mol. The molecule has 5 heteroatoms. The van der Waals surface area contributed by atoms with Gasteiger partial charge in [-0.3, -0.25) is 4.68 Å². The van der Waals surface area contributed by atoms with E-state index in [-0.39, 0.29) is 0 Å². The molecule has 0 amide bonds. The first-order valence-corrected chi connectivity index (χ1v) is 6.74. The van der Waals surface area contributed by atoms with Crippen LogP contribution in [0.15, 0.2) is 15.0 Å². The highest BCUT2D eigenvalue weighted by atomic mass is 79.9. The van der Waals surface area contributed by atoms with Crippen LogP contribution in [0.2, 0.25) is 0 Å². The minimum atomic E-state index is 0.669. The highest BCUT2D eigenvalue weighted by Gasteiger charge is 2.12. The van der Waals surface area contributed by atoms with Crippen LogP contribution in [0, 0.1) is 20.8 Å². The van der Waals surface area contributed by atoms with Gasteiger partial charge in [0.15, 0.2) is 0 Å². The van der Waals surface area contributed by atoms with Crippen molar-refractivity contribution in [1.82, 2.24) is 15.1 Å². The number of furan rings is 1. The summed E-state index contributed by atoms with van der Waals surface area (Å²) in [5.41, 5.74) is 3.31. The quantitative estimate of drug-likeness (QED) is 0.944. The maximum Gasteiger partial charge on any atom is 0.126 e. The minimum Gasteiger partial charge on any atom is -0.462 e. The van der Waals surface area contributed by atoms with Crippen LogP contribution in [-0.4, -0.2) is 16.8 Å². The molecule has 98 valence electrons. The molecule has 0 bridgehead atoms. The fourth-order valence-electron chi connectivity index (χ4n) is 1.98. The summed E-state index contributed by atoms with van der Waals surface area (Å²) in [6, 6.07) is 2.08. The molecule has 0 saturated carbocycles. The molecule has 1 N–H and O–H groups in total. The van der Waals surface area contributed by atoms with Gasteiger partial charge in [0.1, 0.15) is 11.5 Å². The zero-order valence-corrected chi connectivity index (χ0v) is 12.8. The van der Waals surface area contributed by atoms with E-state index in [9.17, 15) is 0 Å². The van der Waals surface area contributed by atoms with Crippen molar-refractivity contribution in [2.24, 2.45) is 0 Å². The Hall–Kier alpha value is -1.07. The van der Waals surface area contributed by atoms with E-state index in [1.807, 2.05) is 25.6 Å². The summed E-state index contributed by atoms with van der Waals surface area (Å²) in [6.45, 7) is 7.54. The van der Waals surface area contributed by atoms with Crippen molar-refractivity contribution in [2.45, 2.75) is 33.9 Å². The molecule has 0 radical (unpaired) electrons. The van der Waals surface area contributed by atoms with Gasteiger partial charge in [-0.15, -0.1) is 0 Å². The SMILES string of the molecule is CNCc1oc(Cn2nc(C)c(Br)c2C)cc1C. The summed E-state index contributed by atoms with van der Waals surface area (Å²) in [5, 5.41) is 7.59. The van der Waals surface area contributed by atoms with E-state index < -0.39 is 0 Å². The lowest BCUT2D eigenvalue weighted by Crippen LogP contribution is -2.05. The van der Waals surface area contributed by atoms with Crippen molar-refractivity contribution < 1.29 is 4.42 Å². The van der Waals surface area contributed by atoms with Crippen LogP contribution in [0.5, 0.6) is 0 Å². The lowest BCUT2D eigenvalue weighted by Gasteiger charge is -2.01. The molecule has 0 unspecified atom stereocenters. The molecule has 2 heterocycles. The van der Waals surface area contributed by atoms with Gasteiger partial charge in [0.25, 0.3) is 0 Å². The average molecular weight is 312 g/mol. The number of aromatic nitrogens is 2. The van der Waals surface area contributed by atoms with Crippen LogP contribution >= 0.6 is 15.9 Å². The third-order valence-electron chi connectivity index (χ3n) is 3.01. The molecule has 4 nitrogen and oxygen atoms in total. The Bertz CT molecular complexity index is 557. The molecular formula is C13H18BrN3O. The van der Waals surface area contributed by atoms with Crippen LogP contribution in [0.3, 0.4) is 0 Å². The summed E-state index contributed by atoms with van der Waals surface area (Å²) in [5.74, 6) is 1.93. The van der Waals surface area contributed by atoms with Gasteiger partial charge in [0.05, 0.1) is 29.0 Å². The highest BCUT2D eigenvalue weighted by Crippen LogP contribution is 2.22. The molecule has 2 rings (SSSR count).